The predicted molar refractivity (Wildman–Crippen MR) is 159 cm³/mol. The van der Waals surface area contributed by atoms with Crippen molar-refractivity contribution in [3.05, 3.63) is 65.2 Å². The largest absolute Gasteiger partial charge is 0.379 e. The molecule has 218 valence electrons. The molecule has 4 heterocycles. The minimum absolute atomic E-state index is 0.0388. The predicted octanol–water partition coefficient (Wildman–Crippen LogP) is 3.39. The van der Waals surface area contributed by atoms with Crippen molar-refractivity contribution in [3.8, 4) is 0 Å². The Morgan fingerprint density at radius 2 is 1.41 bits per heavy atom. The number of amides is 3. The molecule has 3 amide bonds. The molecule has 7 rings (SSSR count). The highest BCUT2D eigenvalue weighted by molar-refractivity contribution is 6.07. The van der Waals surface area contributed by atoms with E-state index in [0.717, 1.165) is 78.4 Å². The highest BCUT2D eigenvalue weighted by Gasteiger charge is 2.59. The molecule has 8 heteroatoms. The molecular formula is C33H43N5O3. The van der Waals surface area contributed by atoms with Crippen LogP contribution in [0.3, 0.4) is 0 Å². The van der Waals surface area contributed by atoms with Crippen molar-refractivity contribution in [3.63, 3.8) is 0 Å². The second-order valence-electron chi connectivity index (χ2n) is 12.6. The molecule has 0 unspecified atom stereocenters. The van der Waals surface area contributed by atoms with Crippen molar-refractivity contribution in [2.24, 2.45) is 0 Å². The Hall–Kier alpha value is -2.94. The fourth-order valence-electron chi connectivity index (χ4n) is 7.77. The zero-order valence-electron chi connectivity index (χ0n) is 24.2. The number of piperidine rings is 1. The molecule has 8 nitrogen and oxygen atoms in total. The maximum Gasteiger partial charge on any atom is 0.328 e. The Morgan fingerprint density at radius 3 is 2.07 bits per heavy atom. The number of likely N-dealkylation sites (tertiary alicyclic amines) is 1. The highest BCUT2D eigenvalue weighted by Crippen LogP contribution is 2.40. The Kier molecular flexibility index (Phi) is 7.48. The molecule has 41 heavy (non-hydrogen) atoms. The van der Waals surface area contributed by atoms with Gasteiger partial charge in [-0.25, -0.2) is 4.79 Å². The average molecular weight is 558 g/mol. The van der Waals surface area contributed by atoms with Crippen LogP contribution in [0.4, 0.5) is 10.5 Å². The van der Waals surface area contributed by atoms with Crippen molar-refractivity contribution in [1.29, 1.82) is 0 Å². The third kappa shape index (κ3) is 5.15. The van der Waals surface area contributed by atoms with E-state index in [-0.39, 0.29) is 18.0 Å². The Labute approximate surface area is 243 Å². The number of rotatable bonds is 7. The van der Waals surface area contributed by atoms with E-state index in [4.69, 9.17) is 4.74 Å². The summed E-state index contributed by atoms with van der Waals surface area (Å²) in [5, 5.41) is 0. The third-order valence-corrected chi connectivity index (χ3v) is 10.2. The van der Waals surface area contributed by atoms with Crippen LogP contribution in [0.1, 0.15) is 42.4 Å². The number of benzene rings is 2. The number of carbonyl (C=O) groups excluding carboxylic acids is 2. The number of morpholine rings is 1. The number of hydrogen-bond donors (Lipinski definition) is 0. The highest BCUT2D eigenvalue weighted by atomic mass is 16.5. The first-order valence-electron chi connectivity index (χ1n) is 15.7. The maximum absolute atomic E-state index is 14.3. The fraction of sp³-hybridized carbons (Fsp3) is 0.576. The number of urea groups is 1. The lowest BCUT2D eigenvalue weighted by atomic mass is 9.85. The Bertz CT molecular complexity index is 1220. The van der Waals surface area contributed by atoms with E-state index >= 15 is 0 Å². The van der Waals surface area contributed by atoms with Gasteiger partial charge in [-0.1, -0.05) is 36.4 Å². The molecule has 4 aliphatic heterocycles. The summed E-state index contributed by atoms with van der Waals surface area (Å²) < 4.78 is 5.54. The number of anilines is 1. The summed E-state index contributed by atoms with van der Waals surface area (Å²) in [5.74, 6) is 0.0388. The van der Waals surface area contributed by atoms with Crippen LogP contribution < -0.4 is 4.90 Å². The molecule has 1 aliphatic carbocycles. The molecule has 0 saturated carbocycles. The zero-order chi connectivity index (χ0) is 27.8. The van der Waals surface area contributed by atoms with Gasteiger partial charge in [-0.3, -0.25) is 19.5 Å². The molecule has 4 saturated heterocycles. The van der Waals surface area contributed by atoms with Crippen molar-refractivity contribution in [2.45, 2.75) is 56.7 Å². The molecule has 2 aromatic carbocycles. The molecule has 4 fully saturated rings. The first kappa shape index (κ1) is 26.9. The lowest BCUT2D eigenvalue weighted by Gasteiger charge is -2.43. The van der Waals surface area contributed by atoms with Crippen LogP contribution in [-0.4, -0.2) is 109 Å². The first-order chi connectivity index (χ1) is 20.1. The molecule has 0 N–H and O–H groups in total. The van der Waals surface area contributed by atoms with Crippen molar-refractivity contribution in [2.75, 3.05) is 70.5 Å². The second kappa shape index (κ2) is 11.4. The minimum atomic E-state index is -0.728. The summed E-state index contributed by atoms with van der Waals surface area (Å²) in [6.45, 7) is 9.46. The summed E-state index contributed by atoms with van der Waals surface area (Å²) in [7, 11) is 0. The van der Waals surface area contributed by atoms with Crippen molar-refractivity contribution in [1.82, 2.24) is 19.6 Å². The van der Waals surface area contributed by atoms with Gasteiger partial charge in [0.15, 0.2) is 0 Å². The maximum atomic E-state index is 14.3. The van der Waals surface area contributed by atoms with Crippen LogP contribution >= 0.6 is 0 Å². The summed E-state index contributed by atoms with van der Waals surface area (Å²) >= 11 is 0. The molecule has 0 radical (unpaired) electrons. The van der Waals surface area contributed by atoms with Crippen LogP contribution in [0.15, 0.2) is 48.5 Å². The van der Waals surface area contributed by atoms with Crippen LogP contribution in [0.2, 0.25) is 0 Å². The molecular weight excluding hydrogens is 514 g/mol. The second-order valence-corrected chi connectivity index (χ2v) is 12.6. The third-order valence-electron chi connectivity index (χ3n) is 10.2. The smallest absolute Gasteiger partial charge is 0.328 e. The number of ether oxygens (including phenoxy) is 1. The minimum Gasteiger partial charge on any atom is -0.379 e. The van der Waals surface area contributed by atoms with E-state index in [2.05, 4.69) is 63.2 Å². The summed E-state index contributed by atoms with van der Waals surface area (Å²) in [6.07, 6.45) is 5.49. The van der Waals surface area contributed by atoms with Crippen LogP contribution in [0, 0.1) is 0 Å². The average Bonchev–Trinajstić information content (AvgIpc) is 3.73. The van der Waals surface area contributed by atoms with Gasteiger partial charge < -0.3 is 14.5 Å². The van der Waals surface area contributed by atoms with Gasteiger partial charge in [0.05, 0.1) is 13.2 Å². The van der Waals surface area contributed by atoms with Gasteiger partial charge >= 0.3 is 6.03 Å². The van der Waals surface area contributed by atoms with Gasteiger partial charge in [0.25, 0.3) is 5.91 Å². The quantitative estimate of drug-likeness (QED) is 0.487. The number of hydrogen-bond acceptors (Lipinski definition) is 6. The van der Waals surface area contributed by atoms with E-state index in [0.29, 0.717) is 19.4 Å². The van der Waals surface area contributed by atoms with E-state index in [1.807, 2.05) is 4.90 Å². The molecule has 2 aromatic rings. The number of carbonyl (C=O) groups is 2. The molecule has 0 aromatic heterocycles. The van der Waals surface area contributed by atoms with Crippen LogP contribution in [0.25, 0.3) is 0 Å². The van der Waals surface area contributed by atoms with Gasteiger partial charge in [0.2, 0.25) is 0 Å². The lowest BCUT2D eigenvalue weighted by Crippen LogP contribution is -2.58. The molecule has 5 aliphatic rings. The van der Waals surface area contributed by atoms with Crippen molar-refractivity contribution < 1.29 is 14.3 Å². The van der Waals surface area contributed by atoms with E-state index in [9.17, 15) is 9.59 Å². The molecule has 0 atom stereocenters. The summed E-state index contributed by atoms with van der Waals surface area (Å²) in [5.41, 5.74) is 4.44. The standard InChI is InChI=1S/C33H43N5O3/c39-31-33(11-15-35(16-12-33)25-26-7-9-29(10-8-26)36-13-3-4-14-36)37(18-17-34-19-21-41-22-20-34)32(40)38(31)30-23-27-5-1-2-6-28(27)24-30/h1-2,5-10,30H,3-4,11-25H2. The fourth-order valence-corrected chi connectivity index (χ4v) is 7.77. The van der Waals surface area contributed by atoms with E-state index in [1.165, 1.54) is 35.2 Å². The molecule has 1 spiro atoms. The number of nitrogens with zero attached hydrogens (tertiary/aromatic N) is 5. The topological polar surface area (TPSA) is 59.6 Å². The van der Waals surface area contributed by atoms with Crippen molar-refractivity contribution >= 4 is 17.6 Å². The van der Waals surface area contributed by atoms with Gasteiger partial charge in [0.1, 0.15) is 5.54 Å². The Morgan fingerprint density at radius 1 is 0.756 bits per heavy atom. The van der Waals surface area contributed by atoms with E-state index < -0.39 is 5.54 Å². The monoisotopic (exact) mass is 557 g/mol. The summed E-state index contributed by atoms with van der Waals surface area (Å²) in [6, 6.07) is 17.3. The lowest BCUT2D eigenvalue weighted by molar-refractivity contribution is -0.137. The first-order valence-corrected chi connectivity index (χ1v) is 15.7. The van der Waals surface area contributed by atoms with Gasteiger partial charge in [0, 0.05) is 70.6 Å². The summed E-state index contributed by atoms with van der Waals surface area (Å²) in [4.78, 5) is 39.3. The van der Waals surface area contributed by atoms with Gasteiger partial charge in [-0.15, -0.1) is 0 Å². The van der Waals surface area contributed by atoms with Gasteiger partial charge in [-0.05, 0) is 67.3 Å². The SMILES string of the molecule is O=C1N(C2Cc3ccccc3C2)C(=O)C2(CCN(Cc3ccc(N4CCCC4)cc3)CC2)N1CCN1CCOCC1. The van der Waals surface area contributed by atoms with Gasteiger partial charge in [-0.2, -0.15) is 0 Å². The zero-order valence-corrected chi connectivity index (χ0v) is 24.2. The number of fused-ring (bicyclic) bond motifs is 1. The Balaban J connectivity index is 1.05. The number of imide groups is 1. The van der Waals surface area contributed by atoms with E-state index in [1.54, 1.807) is 4.90 Å². The normalized spacial score (nSPS) is 23.8. The van der Waals surface area contributed by atoms with Crippen LogP contribution in [-0.2, 0) is 28.9 Å². The van der Waals surface area contributed by atoms with Crippen LogP contribution in [0.5, 0.6) is 0 Å². The molecule has 0 bridgehead atoms.